The monoisotopic (exact) mass is 272 g/mol. The molecule has 2 rings (SSSR count). The van der Waals surface area contributed by atoms with Crippen molar-refractivity contribution in [2.75, 3.05) is 0 Å². The normalized spacial score (nSPS) is 21.6. The van der Waals surface area contributed by atoms with Gasteiger partial charge in [-0.15, -0.1) is 0 Å². The minimum absolute atomic E-state index is 0.216. The van der Waals surface area contributed by atoms with Gasteiger partial charge in [-0.3, -0.25) is 0 Å². The smallest absolute Gasteiger partial charge is 0.197 e. The van der Waals surface area contributed by atoms with Gasteiger partial charge in [0.1, 0.15) is 6.21 Å². The Hall–Kier alpha value is -1.11. The second kappa shape index (κ2) is 5.35. The Morgan fingerprint density at radius 3 is 1.90 bits per heavy atom. The molecule has 1 unspecified atom stereocenters. The predicted molar refractivity (Wildman–Crippen MR) is 88.5 cm³/mol. The summed E-state index contributed by atoms with van der Waals surface area (Å²) in [6.07, 6.45) is 3.67. The number of hydrogen-bond acceptors (Lipinski definition) is 0. The second-order valence-corrected chi connectivity index (χ2v) is 7.61. The number of hydrogen-bond donors (Lipinski definition) is 0. The molecule has 1 aliphatic heterocycles. The fraction of sp³-hybridized carbons (Fsp3) is 0.632. The van der Waals surface area contributed by atoms with Crippen LogP contribution in [-0.2, 0) is 0 Å². The average Bonchev–Trinajstić information content (AvgIpc) is 2.60. The molecule has 1 aromatic carbocycles. The van der Waals surface area contributed by atoms with Gasteiger partial charge in [0.15, 0.2) is 5.54 Å². The van der Waals surface area contributed by atoms with Crippen molar-refractivity contribution in [3.63, 3.8) is 0 Å². The molecule has 1 heterocycles. The van der Waals surface area contributed by atoms with Crippen molar-refractivity contribution in [3.8, 4) is 0 Å². The molecule has 0 saturated heterocycles. The van der Waals surface area contributed by atoms with E-state index in [2.05, 4.69) is 77.5 Å². The topological polar surface area (TPSA) is 3.01 Å². The standard InChI is InChI=1S/C19H30N/c1-13(2)16-9-8-10-17(14(3)4)18(16)20-12-15(5)11-19(20,6)7/h8-10,12-15H,11H2,1-7H3/q+1. The zero-order chi connectivity index (χ0) is 15.1. The van der Waals surface area contributed by atoms with Crippen LogP contribution >= 0.6 is 0 Å². The van der Waals surface area contributed by atoms with Crippen molar-refractivity contribution in [3.05, 3.63) is 29.3 Å². The van der Waals surface area contributed by atoms with Crippen LogP contribution < -0.4 is 0 Å². The highest BCUT2D eigenvalue weighted by molar-refractivity contribution is 5.62. The molecule has 0 bridgehead atoms. The van der Waals surface area contributed by atoms with E-state index in [4.69, 9.17) is 0 Å². The molecule has 0 aliphatic carbocycles. The lowest BCUT2D eigenvalue weighted by Gasteiger charge is -2.23. The Balaban J connectivity index is 2.68. The molecule has 0 aromatic heterocycles. The maximum absolute atomic E-state index is 2.56. The van der Waals surface area contributed by atoms with Gasteiger partial charge in [0.25, 0.3) is 0 Å². The summed E-state index contributed by atoms with van der Waals surface area (Å²) in [6.45, 7) is 16.3. The summed E-state index contributed by atoms with van der Waals surface area (Å²) in [5.74, 6) is 1.78. The molecule has 1 atom stereocenters. The van der Waals surface area contributed by atoms with Crippen LogP contribution in [-0.4, -0.2) is 16.3 Å². The van der Waals surface area contributed by atoms with Gasteiger partial charge in [-0.1, -0.05) is 52.8 Å². The van der Waals surface area contributed by atoms with Crippen molar-refractivity contribution in [2.45, 2.75) is 72.3 Å². The number of para-hydroxylation sites is 1. The highest BCUT2D eigenvalue weighted by Crippen LogP contribution is 2.40. The highest BCUT2D eigenvalue weighted by Gasteiger charge is 2.42. The number of nitrogens with zero attached hydrogens (tertiary/aromatic N) is 1. The Kier molecular flexibility index (Phi) is 4.09. The average molecular weight is 272 g/mol. The van der Waals surface area contributed by atoms with Gasteiger partial charge in [-0.25, -0.2) is 0 Å². The van der Waals surface area contributed by atoms with E-state index in [1.54, 1.807) is 0 Å². The van der Waals surface area contributed by atoms with Gasteiger partial charge in [-0.05, 0) is 11.8 Å². The summed E-state index contributed by atoms with van der Waals surface area (Å²) in [5, 5.41) is 0. The van der Waals surface area contributed by atoms with Crippen molar-refractivity contribution in [1.29, 1.82) is 0 Å². The largest absolute Gasteiger partial charge is 0.212 e. The third-order valence-corrected chi connectivity index (χ3v) is 4.46. The van der Waals surface area contributed by atoms with Crippen LogP contribution in [0.2, 0.25) is 0 Å². The molecule has 0 N–H and O–H groups in total. The van der Waals surface area contributed by atoms with E-state index in [1.807, 2.05) is 0 Å². The van der Waals surface area contributed by atoms with Crippen molar-refractivity contribution in [2.24, 2.45) is 5.92 Å². The van der Waals surface area contributed by atoms with E-state index in [9.17, 15) is 0 Å². The van der Waals surface area contributed by atoms with Crippen LogP contribution in [0.3, 0.4) is 0 Å². The zero-order valence-electron chi connectivity index (χ0n) is 14.2. The maximum atomic E-state index is 2.56. The Bertz CT molecular complexity index is 494. The Labute approximate surface area is 124 Å². The van der Waals surface area contributed by atoms with Crippen LogP contribution in [0.5, 0.6) is 0 Å². The summed E-state index contributed by atoms with van der Waals surface area (Å²) >= 11 is 0. The second-order valence-electron chi connectivity index (χ2n) is 7.61. The van der Waals surface area contributed by atoms with Gasteiger partial charge in [0.05, 0.1) is 0 Å². The van der Waals surface area contributed by atoms with E-state index in [-0.39, 0.29) is 5.54 Å². The molecule has 110 valence electrons. The first-order valence-corrected chi connectivity index (χ1v) is 8.01. The lowest BCUT2D eigenvalue weighted by molar-refractivity contribution is -0.513. The predicted octanol–water partition coefficient (Wildman–Crippen LogP) is 5.47. The van der Waals surface area contributed by atoms with Crippen LogP contribution in [0.15, 0.2) is 18.2 Å². The lowest BCUT2D eigenvalue weighted by atomic mass is 9.90. The molecule has 1 aliphatic rings. The molecule has 0 radical (unpaired) electrons. The summed E-state index contributed by atoms with van der Waals surface area (Å²) < 4.78 is 2.56. The van der Waals surface area contributed by atoms with Gasteiger partial charge in [-0.2, -0.15) is 4.58 Å². The molecule has 0 saturated carbocycles. The lowest BCUT2D eigenvalue weighted by Crippen LogP contribution is -2.30. The molecule has 0 amide bonds. The number of rotatable bonds is 3. The van der Waals surface area contributed by atoms with E-state index in [0.717, 1.165) is 0 Å². The first-order chi connectivity index (χ1) is 9.24. The highest BCUT2D eigenvalue weighted by atomic mass is 15.1. The van der Waals surface area contributed by atoms with E-state index in [1.165, 1.54) is 23.2 Å². The molecule has 1 aromatic rings. The SMILES string of the molecule is CC1C=[N+](c2c(C(C)C)cccc2C(C)C)C(C)(C)C1. The molecule has 0 fully saturated rings. The third kappa shape index (κ3) is 2.68. The minimum Gasteiger partial charge on any atom is -0.197 e. The molecular weight excluding hydrogens is 242 g/mol. The van der Waals surface area contributed by atoms with E-state index >= 15 is 0 Å². The molecule has 20 heavy (non-hydrogen) atoms. The van der Waals surface area contributed by atoms with E-state index in [0.29, 0.717) is 17.8 Å². The zero-order valence-corrected chi connectivity index (χ0v) is 14.2. The third-order valence-electron chi connectivity index (χ3n) is 4.46. The molecule has 0 spiro atoms. The summed E-state index contributed by atoms with van der Waals surface area (Å²) in [4.78, 5) is 0. The molecular formula is C19H30N+. The van der Waals surface area contributed by atoms with Crippen LogP contribution in [0.25, 0.3) is 0 Å². The van der Waals surface area contributed by atoms with Gasteiger partial charge in [0.2, 0.25) is 5.69 Å². The summed E-state index contributed by atoms with van der Waals surface area (Å²) in [5.41, 5.74) is 4.64. The number of benzene rings is 1. The van der Waals surface area contributed by atoms with Crippen LogP contribution in [0, 0.1) is 5.92 Å². The quantitative estimate of drug-likeness (QED) is 0.642. The fourth-order valence-corrected chi connectivity index (χ4v) is 3.56. The summed E-state index contributed by atoms with van der Waals surface area (Å²) in [7, 11) is 0. The van der Waals surface area contributed by atoms with E-state index < -0.39 is 0 Å². The van der Waals surface area contributed by atoms with Crippen LogP contribution in [0.1, 0.15) is 77.8 Å². The van der Waals surface area contributed by atoms with Crippen LogP contribution in [0.4, 0.5) is 5.69 Å². The first kappa shape index (κ1) is 15.3. The Morgan fingerprint density at radius 2 is 1.55 bits per heavy atom. The maximum Gasteiger partial charge on any atom is 0.212 e. The van der Waals surface area contributed by atoms with Crippen molar-refractivity contribution < 1.29 is 4.58 Å². The van der Waals surface area contributed by atoms with Gasteiger partial charge < -0.3 is 0 Å². The summed E-state index contributed by atoms with van der Waals surface area (Å²) in [6, 6.07) is 6.83. The minimum atomic E-state index is 0.216. The van der Waals surface area contributed by atoms with Crippen molar-refractivity contribution in [1.82, 2.24) is 0 Å². The Morgan fingerprint density at radius 1 is 1.05 bits per heavy atom. The first-order valence-electron chi connectivity index (χ1n) is 8.01. The van der Waals surface area contributed by atoms with Gasteiger partial charge >= 0.3 is 0 Å². The molecule has 1 nitrogen and oxygen atoms in total. The fourth-order valence-electron chi connectivity index (χ4n) is 3.56. The van der Waals surface area contributed by atoms with Gasteiger partial charge in [0, 0.05) is 37.3 Å². The van der Waals surface area contributed by atoms with Crippen molar-refractivity contribution >= 4 is 11.9 Å². The molecule has 1 heteroatoms.